The van der Waals surface area contributed by atoms with Gasteiger partial charge in [-0.1, -0.05) is 164 Å². The second-order valence-electron chi connectivity index (χ2n) is 44.3. The zero-order valence-corrected chi connectivity index (χ0v) is 87.0. The van der Waals surface area contributed by atoms with E-state index in [2.05, 4.69) is 112 Å². The minimum atomic E-state index is -1.07. The van der Waals surface area contributed by atoms with Crippen molar-refractivity contribution in [3.8, 4) is 0 Å². The van der Waals surface area contributed by atoms with Crippen LogP contribution in [-0.2, 0) is 47.8 Å². The highest BCUT2D eigenvalue weighted by Gasteiger charge is 2.57. The summed E-state index contributed by atoms with van der Waals surface area (Å²) in [6, 6.07) is 50.8. The standard InChI is InChI=1S/2C17H23NO2.C17H21NO.2C13H21NO5.C11H13NO.2C9H15NO2.C8H11N/c1-11(13-6-4-3-5-7-13)18-14-8-9-15(16(20)10-14)17(18)12(2)19;1-11(13-6-4-3-5-7-13)18-15-9-8-14(10-16(15)20)17(18)12(2)19;1-12(14-6-4-3-5-7-14)18-16-10-8-15(9-11-16)17(18)13(2)19;1-13(2,3)19-12(18)14-7-4-5-8(9(15)6-7)10(14)11(16)17;1-13(2,3)19-12(18)14-8-5-4-7(6-9(8)15)10(14)11(16)17;1-9(13)8-12-10(2)11-6-4-3-5-7-11;1-5(11)9-7-3-2-6(10-9)4-8(7)12;1-5(11)9-6-2-3-7(10-9)8(12)4-6;1-7(9)8-5-3-2-4-6-8/h2*3-7,11,14-17,20H,8-10H2,1-2H3;3-8,10,12,15-17H,9,11H2,1-2H3;2*7-10,15H,4-6H2,1-3H3,(H,16,17);3-8,10H,1-2H3;2*6-10,12H,2-4H2,1H3;2-7H,9H2,1H3/t11-,14+,15-,16-,17-;11-,14-,15+,16+,17-;12-,15+,16-,17-;7-,8+,9+,10-;7-,8+,9+,10+;10-;6-,7+,8+,9+;6-,7+,8+,9-;7-/m111011011/s1. The number of aliphatic hydroxyl groups is 6. The lowest BCUT2D eigenvalue weighted by Crippen LogP contribution is -2.65. The molecule has 5 aromatic carbocycles. The topological polar surface area (TPSA) is 430 Å². The number of rotatable bonds is 17. The number of carbonyl (C=O) groups excluding carboxylic acids is 8. The molecule has 26 rings (SSSR count). The molecule has 7 aliphatic carbocycles. The van der Waals surface area contributed by atoms with Crippen molar-refractivity contribution in [3.05, 3.63) is 192 Å². The molecule has 21 aliphatic rings. The maximum absolute atomic E-state index is 12.2. The Labute approximate surface area is 846 Å². The molecule has 14 bridgehead atoms. The number of benzene rings is 5. The average Bonchev–Trinajstić information content (AvgIpc) is 0.777. The minimum absolute atomic E-state index is 0.0113. The third-order valence-corrected chi connectivity index (χ3v) is 31.9. The summed E-state index contributed by atoms with van der Waals surface area (Å²) in [7, 11) is 0. The Morgan fingerprint density at radius 1 is 0.378 bits per heavy atom. The normalized spacial score (nSPS) is 32.8. The molecule has 6 saturated carbocycles. The number of carbonyl (C=O) groups is 10. The van der Waals surface area contributed by atoms with Crippen molar-refractivity contribution in [3.63, 3.8) is 0 Å². The molecule has 19 fully saturated rings. The van der Waals surface area contributed by atoms with Gasteiger partial charge in [-0.25, -0.2) is 19.2 Å². The van der Waals surface area contributed by atoms with Gasteiger partial charge in [0.05, 0.1) is 85.1 Å². The molecular formula is C114H163N9O20. The Morgan fingerprint density at radius 2 is 0.797 bits per heavy atom. The molecule has 0 aromatic heterocycles. The molecule has 143 heavy (non-hydrogen) atoms. The van der Waals surface area contributed by atoms with E-state index in [9.17, 15) is 88.8 Å². The second kappa shape index (κ2) is 51.2. The smallest absolute Gasteiger partial charge is 0.411 e. The lowest BCUT2D eigenvalue weighted by atomic mass is 9.70. The summed E-state index contributed by atoms with van der Waals surface area (Å²) in [6.07, 6.45) is 19.9. The number of aliphatic imine (C=N–C) groups is 1. The third-order valence-electron chi connectivity index (χ3n) is 31.9. The highest BCUT2D eigenvalue weighted by molar-refractivity contribution is 6.26. The van der Waals surface area contributed by atoms with E-state index in [0.29, 0.717) is 73.4 Å². The Morgan fingerprint density at radius 3 is 1.20 bits per heavy atom. The van der Waals surface area contributed by atoms with Crippen LogP contribution in [0.5, 0.6) is 0 Å². The number of hydrogen-bond donors (Lipinski definition) is 11. The van der Waals surface area contributed by atoms with Crippen LogP contribution in [0.25, 0.3) is 0 Å². The fraction of sp³-hybridized carbons (Fsp3) is 0.623. The maximum Gasteiger partial charge on any atom is 0.411 e. The van der Waals surface area contributed by atoms with Crippen LogP contribution in [0, 0.1) is 41.4 Å². The fourth-order valence-corrected chi connectivity index (χ4v) is 25.1. The second-order valence-corrected chi connectivity index (χ2v) is 44.3. The van der Waals surface area contributed by atoms with Gasteiger partial charge in [-0.15, -0.1) is 0 Å². The fourth-order valence-electron chi connectivity index (χ4n) is 25.1. The van der Waals surface area contributed by atoms with Crippen molar-refractivity contribution in [1.82, 2.24) is 35.1 Å². The molecule has 0 spiro atoms. The Balaban J connectivity index is 0.000000155. The number of fused-ring (bicyclic) bond motifs is 20. The first-order valence-electron chi connectivity index (χ1n) is 52.3. The summed E-state index contributed by atoms with van der Waals surface area (Å²) in [5.41, 5.74) is 10.4. The average molecular weight is 1980 g/mol. The summed E-state index contributed by atoms with van der Waals surface area (Å²) in [5, 5.41) is 84.7. The quantitative estimate of drug-likeness (QED) is 0.0304. The van der Waals surface area contributed by atoms with E-state index in [1.807, 2.05) is 117 Å². The zero-order chi connectivity index (χ0) is 104. The predicted molar refractivity (Wildman–Crippen MR) is 549 cm³/mol. The number of nitrogens with zero attached hydrogens (tertiary/aromatic N) is 6. The van der Waals surface area contributed by atoms with E-state index in [1.54, 1.807) is 76.2 Å². The van der Waals surface area contributed by atoms with Gasteiger partial charge in [-0.05, 0) is 291 Å². The number of piperidine rings is 13. The highest BCUT2D eigenvalue weighted by Crippen LogP contribution is 2.49. The summed E-state index contributed by atoms with van der Waals surface area (Å²) in [5.74, 6) is -0.155. The van der Waals surface area contributed by atoms with Gasteiger partial charge in [0.2, 0.25) is 0 Å². The van der Waals surface area contributed by atoms with Gasteiger partial charge in [0.1, 0.15) is 52.2 Å². The molecule has 12 N–H and O–H groups in total. The van der Waals surface area contributed by atoms with Crippen molar-refractivity contribution in [2.24, 2.45) is 52.2 Å². The predicted octanol–water partition coefficient (Wildman–Crippen LogP) is 15.2. The van der Waals surface area contributed by atoms with Gasteiger partial charge < -0.3 is 66.7 Å². The van der Waals surface area contributed by atoms with Crippen molar-refractivity contribution >= 4 is 65.0 Å². The van der Waals surface area contributed by atoms with Crippen molar-refractivity contribution in [2.75, 3.05) is 0 Å². The molecule has 784 valence electrons. The van der Waals surface area contributed by atoms with Crippen LogP contribution in [0.3, 0.4) is 0 Å². The third kappa shape index (κ3) is 29.3. The van der Waals surface area contributed by atoms with E-state index < -0.39 is 71.6 Å². The molecule has 29 nitrogen and oxygen atoms in total. The monoisotopic (exact) mass is 1980 g/mol. The number of carboxylic acid groups (broad SMARTS) is 2. The van der Waals surface area contributed by atoms with Gasteiger partial charge in [0, 0.05) is 85.1 Å². The number of aliphatic carboxylic acids is 2. The minimum Gasteiger partial charge on any atom is -0.480 e. The number of nitrogens with one attached hydrogen (secondary N) is 2. The largest absolute Gasteiger partial charge is 0.480 e. The van der Waals surface area contributed by atoms with E-state index in [-0.39, 0.29) is 144 Å². The lowest BCUT2D eigenvalue weighted by molar-refractivity contribution is -0.160. The van der Waals surface area contributed by atoms with Crippen LogP contribution in [0.4, 0.5) is 9.59 Å². The number of amides is 2. The van der Waals surface area contributed by atoms with E-state index >= 15 is 0 Å². The van der Waals surface area contributed by atoms with Crippen LogP contribution >= 0.6 is 0 Å². The highest BCUT2D eigenvalue weighted by atomic mass is 16.6. The Bertz CT molecular complexity index is 5060. The summed E-state index contributed by atoms with van der Waals surface area (Å²) < 4.78 is 10.6. The van der Waals surface area contributed by atoms with Gasteiger partial charge in [0.25, 0.3) is 0 Å². The number of aliphatic hydroxyl groups excluding tert-OH is 6. The van der Waals surface area contributed by atoms with Gasteiger partial charge >= 0.3 is 24.1 Å². The molecule has 14 aliphatic heterocycles. The zero-order valence-electron chi connectivity index (χ0n) is 87.0. The molecule has 0 unspecified atom stereocenters. The maximum atomic E-state index is 12.2. The Hall–Kier alpha value is -9.47. The first-order valence-corrected chi connectivity index (χ1v) is 52.3. The van der Waals surface area contributed by atoms with Gasteiger partial charge in [-0.2, -0.15) is 0 Å². The molecule has 2 amide bonds. The number of Topliss-reactive ketones (excluding diaryl/α,β-unsaturated/α-hetero) is 6. The molecule has 13 saturated heterocycles. The van der Waals surface area contributed by atoms with Crippen LogP contribution in [0.1, 0.15) is 304 Å². The number of ether oxygens (including phenoxy) is 2. The molecule has 0 radical (unpaired) electrons. The summed E-state index contributed by atoms with van der Waals surface area (Å²) >= 11 is 0. The molecule has 32 atom stereocenters. The van der Waals surface area contributed by atoms with Crippen molar-refractivity contribution < 1.29 is 98.3 Å². The summed E-state index contributed by atoms with van der Waals surface area (Å²) in [6.45, 7) is 30.8. The number of carboxylic acids is 2. The molecule has 29 heteroatoms. The van der Waals surface area contributed by atoms with E-state index in [1.165, 1.54) is 51.6 Å². The van der Waals surface area contributed by atoms with Gasteiger partial charge in [0.15, 0.2) is 5.78 Å². The number of ketones is 6. The van der Waals surface area contributed by atoms with Crippen LogP contribution in [0.2, 0.25) is 0 Å². The van der Waals surface area contributed by atoms with E-state index in [4.69, 9.17) is 15.2 Å². The SMILES string of the molecule is CC(=O)C=N[C@H](C)c1ccccc1.CC(=O)[C@@H]1[C@@H]2CC[C@@H](C[C@H]2O)N1[C@H](C)c1ccccc1.CC(=O)[C@@H]1[C@@H]2CC[C@@H]([C@@H](O)C2)N1[C@H](C)c1ccccc1.CC(=O)[C@@H]1[C@H]2C=C[C@H](CC2)N1[C@H](C)c1ccccc1.CC(=O)[C@H]1N[C@H]2CC[C@@H]1C[C@@H]2O.CC(=O)[C@H]1N[C@H]2CC[C@@H]1[C@H](O)C2.CC(C)(C)OC(=O)N1[C@H](C(=O)O)[C@@H]2CC[C@H]1[C@@H](O)C2.CC(C)(C)OC(=O)N1[C@H]2CC[C@H]([C@H](O)C2)[C@H]1C(=O)O.C[C@@H](N)c1ccccc1. The van der Waals surface area contributed by atoms with Crippen molar-refractivity contribution in [1.29, 1.82) is 0 Å². The van der Waals surface area contributed by atoms with Crippen LogP contribution in [-0.4, -0.2) is 263 Å². The van der Waals surface area contributed by atoms with E-state index in [0.717, 1.165) is 102 Å². The molecule has 14 heterocycles. The molecular weight excluding hydrogens is 1820 g/mol. The number of nitrogens with two attached hydrogens (primary N) is 1. The Kier molecular flexibility index (Phi) is 40.8. The summed E-state index contributed by atoms with van der Waals surface area (Å²) in [4.78, 5) is 130. The lowest BCUT2D eigenvalue weighted by Gasteiger charge is -2.55. The van der Waals surface area contributed by atoms with Crippen LogP contribution < -0.4 is 16.4 Å². The van der Waals surface area contributed by atoms with Gasteiger partial charge in [-0.3, -0.25) is 58.3 Å². The molecule has 5 aromatic rings. The van der Waals surface area contributed by atoms with Crippen molar-refractivity contribution in [2.45, 2.75) is 409 Å². The first-order chi connectivity index (χ1) is 67.6. The number of hydrogen-bond acceptors (Lipinski definition) is 25. The first kappa shape index (κ1) is 114. The van der Waals surface area contributed by atoms with Crippen LogP contribution in [0.15, 0.2) is 169 Å².